The zero-order valence-electron chi connectivity index (χ0n) is 18.7. The summed E-state index contributed by atoms with van der Waals surface area (Å²) < 4.78 is 61.7. The molecule has 1 atom stereocenters. The topological polar surface area (TPSA) is 105 Å². The molecule has 4 rings (SSSR count). The molecule has 1 aliphatic heterocycles. The molecule has 0 bridgehead atoms. The summed E-state index contributed by atoms with van der Waals surface area (Å²) in [6.45, 7) is 2.82. The molecule has 9 nitrogen and oxygen atoms in total. The molecule has 0 amide bonds. The molecule has 0 spiro atoms. The minimum Gasteiger partial charge on any atom is -0.378 e. The highest BCUT2D eigenvalue weighted by Crippen LogP contribution is 2.34. The summed E-state index contributed by atoms with van der Waals surface area (Å²) in [5.74, 6) is -1.44. The van der Waals surface area contributed by atoms with Crippen LogP contribution in [0.15, 0.2) is 34.0 Å². The fourth-order valence-corrected chi connectivity index (χ4v) is 3.99. The fraction of sp³-hybridized carbons (Fsp3) is 0.364. The molecule has 1 N–H and O–H groups in total. The van der Waals surface area contributed by atoms with Gasteiger partial charge in [0.25, 0.3) is 11.1 Å². The van der Waals surface area contributed by atoms with Crippen LogP contribution in [-0.2, 0) is 18.0 Å². The fourth-order valence-electron chi connectivity index (χ4n) is 3.99. The number of nitrogens with zero attached hydrogens (tertiary/aromatic N) is 5. The first-order valence-corrected chi connectivity index (χ1v) is 10.6. The van der Waals surface area contributed by atoms with E-state index in [0.717, 1.165) is 10.7 Å². The monoisotopic (exact) mass is 492 g/mol. The first-order valence-electron chi connectivity index (χ1n) is 10.6. The Labute approximate surface area is 195 Å². The number of hydrogen-bond donors (Lipinski definition) is 1. The van der Waals surface area contributed by atoms with Gasteiger partial charge in [-0.15, -0.1) is 0 Å². The maximum absolute atomic E-state index is 14.7. The van der Waals surface area contributed by atoms with E-state index in [1.165, 1.54) is 30.9 Å². The van der Waals surface area contributed by atoms with Crippen LogP contribution in [0.2, 0.25) is 0 Å². The summed E-state index contributed by atoms with van der Waals surface area (Å²) >= 11 is 0. The van der Waals surface area contributed by atoms with Crippen molar-refractivity contribution in [3.63, 3.8) is 0 Å². The Morgan fingerprint density at radius 1 is 1.20 bits per heavy atom. The minimum absolute atomic E-state index is 0.00933. The third-order valence-corrected chi connectivity index (χ3v) is 5.76. The van der Waals surface area contributed by atoms with Gasteiger partial charge in [-0.05, 0) is 13.0 Å². The molecule has 2 aromatic heterocycles. The summed E-state index contributed by atoms with van der Waals surface area (Å²) in [6, 6.07) is 3.71. The summed E-state index contributed by atoms with van der Waals surface area (Å²) in [4.78, 5) is 25.8. The second-order valence-corrected chi connectivity index (χ2v) is 7.97. The number of nitrogens with one attached hydrogen (secondary N) is 1. The molecule has 184 valence electrons. The van der Waals surface area contributed by atoms with E-state index in [0.29, 0.717) is 32.4 Å². The quantitative estimate of drug-likeness (QED) is 0.557. The molecule has 0 aliphatic carbocycles. The second-order valence-electron chi connectivity index (χ2n) is 7.97. The largest absolute Gasteiger partial charge is 0.419 e. The zero-order chi connectivity index (χ0) is 25.5. The van der Waals surface area contributed by atoms with Crippen LogP contribution >= 0.6 is 0 Å². The Morgan fingerprint density at radius 3 is 2.51 bits per heavy atom. The van der Waals surface area contributed by atoms with Crippen molar-refractivity contribution in [3.05, 3.63) is 67.6 Å². The van der Waals surface area contributed by atoms with E-state index >= 15 is 0 Å². The number of halogens is 4. The molecular formula is C22H20F4N6O3. The van der Waals surface area contributed by atoms with Crippen molar-refractivity contribution >= 4 is 16.6 Å². The number of pyridine rings is 1. The van der Waals surface area contributed by atoms with Gasteiger partial charge in [-0.3, -0.25) is 9.59 Å². The van der Waals surface area contributed by atoms with E-state index in [1.807, 2.05) is 0 Å². The van der Waals surface area contributed by atoms with Crippen LogP contribution in [0.4, 0.5) is 23.4 Å². The van der Waals surface area contributed by atoms with E-state index in [9.17, 15) is 32.4 Å². The van der Waals surface area contributed by atoms with Crippen LogP contribution in [0.3, 0.4) is 0 Å². The Kier molecular flexibility index (Phi) is 6.25. The van der Waals surface area contributed by atoms with Gasteiger partial charge in [-0.2, -0.15) is 23.5 Å². The van der Waals surface area contributed by atoms with Gasteiger partial charge < -0.3 is 15.1 Å². The minimum atomic E-state index is -4.88. The highest BCUT2D eigenvalue weighted by molar-refractivity contribution is 5.94. The van der Waals surface area contributed by atoms with Gasteiger partial charge in [0.1, 0.15) is 17.4 Å². The average molecular weight is 492 g/mol. The van der Waals surface area contributed by atoms with Crippen LogP contribution in [0.1, 0.15) is 29.7 Å². The van der Waals surface area contributed by atoms with Crippen molar-refractivity contribution in [2.45, 2.75) is 19.1 Å². The zero-order valence-corrected chi connectivity index (χ0v) is 18.7. The molecule has 1 aliphatic rings. The van der Waals surface area contributed by atoms with Crippen molar-refractivity contribution < 1.29 is 22.3 Å². The highest BCUT2D eigenvalue weighted by atomic mass is 19.4. The predicted molar refractivity (Wildman–Crippen MR) is 118 cm³/mol. The smallest absolute Gasteiger partial charge is 0.378 e. The van der Waals surface area contributed by atoms with Gasteiger partial charge in [0, 0.05) is 18.8 Å². The molecule has 35 heavy (non-hydrogen) atoms. The number of rotatable bonds is 4. The Balaban J connectivity index is 1.89. The van der Waals surface area contributed by atoms with Crippen LogP contribution in [-0.4, -0.2) is 40.8 Å². The number of nitriles is 1. The van der Waals surface area contributed by atoms with E-state index in [-0.39, 0.29) is 22.2 Å². The SMILES string of the molecule is C[C@@H](Nc1nn(C)c(=O)c2c(C#N)c(=O)n(N3CCOCC3)cc12)c1cccc(C(F)(F)F)c1F. The first kappa shape index (κ1) is 24.2. The summed E-state index contributed by atoms with van der Waals surface area (Å²) in [7, 11) is 1.30. The number of ether oxygens (including phenoxy) is 1. The number of aryl methyl sites for hydroxylation is 1. The van der Waals surface area contributed by atoms with Crippen molar-refractivity contribution in [2.75, 3.05) is 36.6 Å². The lowest BCUT2D eigenvalue weighted by Gasteiger charge is -2.30. The standard InChI is InChI=1S/C22H20F4N6O3/c1-12(13-4-3-5-16(18(13)23)22(24,25)26)28-19-15-11-32(31-6-8-35-9-7-31)20(33)14(10-27)17(15)21(34)30(2)29-19/h3-5,11-12H,6-9H2,1-2H3,(H,28,29)/t12-/m1/s1. The molecule has 3 heterocycles. The third-order valence-electron chi connectivity index (χ3n) is 5.76. The number of benzene rings is 1. The number of hydrogen-bond acceptors (Lipinski definition) is 7. The molecule has 0 saturated carbocycles. The number of aromatic nitrogens is 3. The van der Waals surface area contributed by atoms with Gasteiger partial charge in [0.2, 0.25) is 0 Å². The molecule has 3 aromatic rings. The van der Waals surface area contributed by atoms with Crippen LogP contribution in [0.5, 0.6) is 0 Å². The second kappa shape index (κ2) is 9.03. The lowest BCUT2D eigenvalue weighted by atomic mass is 10.0. The van der Waals surface area contributed by atoms with E-state index in [1.54, 1.807) is 11.1 Å². The van der Waals surface area contributed by atoms with Gasteiger partial charge in [0.05, 0.1) is 48.7 Å². The summed E-state index contributed by atoms with van der Waals surface area (Å²) in [6.07, 6.45) is -3.53. The van der Waals surface area contributed by atoms with Crippen molar-refractivity contribution in [1.29, 1.82) is 5.26 Å². The number of alkyl halides is 3. The predicted octanol–water partition coefficient (Wildman–Crippen LogP) is 2.27. The van der Waals surface area contributed by atoms with E-state index in [4.69, 9.17) is 4.74 Å². The van der Waals surface area contributed by atoms with Gasteiger partial charge >= 0.3 is 6.18 Å². The normalized spacial score (nSPS) is 15.2. The first-order chi connectivity index (χ1) is 16.5. The number of fused-ring (bicyclic) bond motifs is 1. The number of morpholine rings is 1. The maximum atomic E-state index is 14.7. The Morgan fingerprint density at radius 2 is 1.89 bits per heavy atom. The molecule has 1 aromatic carbocycles. The molecule has 13 heteroatoms. The van der Waals surface area contributed by atoms with Gasteiger partial charge in [0.15, 0.2) is 5.82 Å². The molecule has 0 unspecified atom stereocenters. The lowest BCUT2D eigenvalue weighted by molar-refractivity contribution is -0.140. The molecule has 1 saturated heterocycles. The van der Waals surface area contributed by atoms with Crippen LogP contribution in [0.25, 0.3) is 10.8 Å². The van der Waals surface area contributed by atoms with E-state index < -0.39 is 40.3 Å². The van der Waals surface area contributed by atoms with E-state index in [2.05, 4.69) is 10.4 Å². The molecular weight excluding hydrogens is 472 g/mol. The summed E-state index contributed by atoms with van der Waals surface area (Å²) in [5, 5.41) is 18.2. The summed E-state index contributed by atoms with van der Waals surface area (Å²) in [5.41, 5.74) is -3.49. The van der Waals surface area contributed by atoms with Crippen molar-refractivity contribution in [2.24, 2.45) is 7.05 Å². The van der Waals surface area contributed by atoms with Gasteiger partial charge in [-0.1, -0.05) is 12.1 Å². The third kappa shape index (κ3) is 4.32. The highest BCUT2D eigenvalue weighted by Gasteiger charge is 2.35. The average Bonchev–Trinajstić information content (AvgIpc) is 2.81. The van der Waals surface area contributed by atoms with Crippen molar-refractivity contribution in [1.82, 2.24) is 14.5 Å². The van der Waals surface area contributed by atoms with Gasteiger partial charge in [-0.25, -0.2) is 13.7 Å². The Bertz CT molecular complexity index is 1450. The number of anilines is 1. The van der Waals surface area contributed by atoms with Crippen LogP contribution < -0.4 is 21.4 Å². The lowest BCUT2D eigenvalue weighted by Crippen LogP contribution is -2.49. The maximum Gasteiger partial charge on any atom is 0.419 e. The van der Waals surface area contributed by atoms with Crippen LogP contribution in [0, 0.1) is 17.1 Å². The Hall–Kier alpha value is -3.92. The molecule has 1 fully saturated rings. The van der Waals surface area contributed by atoms with Crippen molar-refractivity contribution in [3.8, 4) is 6.07 Å². The molecule has 0 radical (unpaired) electrons.